The molecule has 0 N–H and O–H groups in total. The molecule has 1 amide bonds. The summed E-state index contributed by atoms with van der Waals surface area (Å²) in [6.45, 7) is 0.984. The Bertz CT molecular complexity index is 408. The average molecular weight is 245 g/mol. The molecule has 0 spiro atoms. The summed E-state index contributed by atoms with van der Waals surface area (Å²) >= 11 is 5.73. The maximum atomic E-state index is 12.9. The van der Waals surface area contributed by atoms with Crippen LogP contribution in [0, 0.1) is 5.82 Å². The van der Waals surface area contributed by atoms with Gasteiger partial charge in [-0.15, -0.1) is 0 Å². The number of nitrogens with zero attached hydrogens (tertiary/aromatic N) is 2. The zero-order valence-corrected chi connectivity index (χ0v) is 9.21. The predicted molar refractivity (Wildman–Crippen MR) is 55.4 cm³/mol. The molecule has 0 aliphatic carbocycles. The third-order valence-corrected chi connectivity index (χ3v) is 2.57. The maximum Gasteiger partial charge on any atom is 0.280 e. The van der Waals surface area contributed by atoms with E-state index in [1.165, 1.54) is 5.06 Å². The van der Waals surface area contributed by atoms with E-state index >= 15 is 0 Å². The Kier molecular flexibility index (Phi) is 3.36. The van der Waals surface area contributed by atoms with Gasteiger partial charge in [0.25, 0.3) is 5.91 Å². The highest BCUT2D eigenvalue weighted by atomic mass is 35.5. The molecule has 4 nitrogen and oxygen atoms in total. The minimum absolute atomic E-state index is 0.0134. The number of aromatic nitrogens is 1. The Morgan fingerprint density at radius 1 is 1.56 bits per heavy atom. The topological polar surface area (TPSA) is 42.4 Å². The van der Waals surface area contributed by atoms with Crippen LogP contribution in [0.4, 0.5) is 4.39 Å². The molecule has 16 heavy (non-hydrogen) atoms. The molecule has 0 radical (unpaired) electrons. The maximum absolute atomic E-state index is 12.9. The van der Waals surface area contributed by atoms with E-state index in [0.29, 0.717) is 13.2 Å². The normalized spacial score (nSPS) is 16.2. The van der Waals surface area contributed by atoms with Crippen molar-refractivity contribution in [3.8, 4) is 0 Å². The fourth-order valence-electron chi connectivity index (χ4n) is 1.46. The first kappa shape index (κ1) is 11.3. The number of hydrogen-bond acceptors (Lipinski definition) is 3. The van der Waals surface area contributed by atoms with Crippen LogP contribution in [0.15, 0.2) is 12.3 Å². The van der Waals surface area contributed by atoms with Gasteiger partial charge in [0.05, 0.1) is 18.4 Å². The number of hydroxylamine groups is 2. The number of rotatable bonds is 1. The van der Waals surface area contributed by atoms with Gasteiger partial charge in [0.15, 0.2) is 0 Å². The van der Waals surface area contributed by atoms with Gasteiger partial charge in [-0.1, -0.05) is 11.6 Å². The molecule has 1 aliphatic rings. The van der Waals surface area contributed by atoms with Crippen LogP contribution in [-0.2, 0) is 4.84 Å². The van der Waals surface area contributed by atoms with Gasteiger partial charge in [-0.2, -0.15) is 0 Å². The number of pyridine rings is 1. The van der Waals surface area contributed by atoms with Crippen LogP contribution >= 0.6 is 11.6 Å². The first-order valence-electron chi connectivity index (χ1n) is 4.94. The van der Waals surface area contributed by atoms with Crippen LogP contribution in [0.5, 0.6) is 0 Å². The zero-order chi connectivity index (χ0) is 11.5. The molecule has 1 saturated heterocycles. The molecular weight excluding hydrogens is 235 g/mol. The van der Waals surface area contributed by atoms with E-state index in [0.717, 1.165) is 25.1 Å². The van der Waals surface area contributed by atoms with Gasteiger partial charge in [0, 0.05) is 6.54 Å². The fraction of sp³-hybridized carbons (Fsp3) is 0.400. The van der Waals surface area contributed by atoms with Crippen LogP contribution < -0.4 is 0 Å². The summed E-state index contributed by atoms with van der Waals surface area (Å²) in [5, 5.41) is 1.19. The molecule has 6 heteroatoms. The number of carbonyl (C=O) groups excluding carboxylic acids is 1. The monoisotopic (exact) mass is 244 g/mol. The number of halogens is 2. The van der Waals surface area contributed by atoms with Gasteiger partial charge in [-0.25, -0.2) is 14.4 Å². The smallest absolute Gasteiger partial charge is 0.271 e. The summed E-state index contributed by atoms with van der Waals surface area (Å²) < 4.78 is 12.9. The molecule has 1 fully saturated rings. The van der Waals surface area contributed by atoms with Crippen LogP contribution in [0.3, 0.4) is 0 Å². The largest absolute Gasteiger partial charge is 0.280 e. The molecule has 1 aromatic rings. The van der Waals surface area contributed by atoms with Gasteiger partial charge in [0.1, 0.15) is 11.0 Å². The lowest BCUT2D eigenvalue weighted by atomic mass is 10.2. The van der Waals surface area contributed by atoms with E-state index in [9.17, 15) is 9.18 Å². The summed E-state index contributed by atoms with van der Waals surface area (Å²) in [5.74, 6) is -1.04. The number of amides is 1. The summed E-state index contributed by atoms with van der Waals surface area (Å²) in [7, 11) is 0. The van der Waals surface area contributed by atoms with Crippen molar-refractivity contribution in [3.63, 3.8) is 0 Å². The Morgan fingerprint density at radius 2 is 2.38 bits per heavy atom. The molecule has 0 unspecified atom stereocenters. The van der Waals surface area contributed by atoms with Crippen LogP contribution in [0.2, 0.25) is 5.15 Å². The van der Waals surface area contributed by atoms with Crippen molar-refractivity contribution in [3.05, 3.63) is 28.8 Å². The van der Waals surface area contributed by atoms with E-state index in [-0.39, 0.29) is 10.7 Å². The predicted octanol–water partition coefficient (Wildman–Crippen LogP) is 2.04. The summed E-state index contributed by atoms with van der Waals surface area (Å²) in [6.07, 6.45) is 2.75. The second kappa shape index (κ2) is 4.76. The summed E-state index contributed by atoms with van der Waals surface area (Å²) in [4.78, 5) is 20.6. The molecule has 0 atom stereocenters. The van der Waals surface area contributed by atoms with Crippen molar-refractivity contribution < 1.29 is 14.0 Å². The molecule has 1 aromatic heterocycles. The molecule has 1 aliphatic heterocycles. The minimum atomic E-state index is -0.593. The van der Waals surface area contributed by atoms with Crippen molar-refractivity contribution >= 4 is 17.5 Å². The average Bonchev–Trinajstić information content (AvgIpc) is 2.32. The van der Waals surface area contributed by atoms with Gasteiger partial charge >= 0.3 is 0 Å². The Hall–Kier alpha value is -1.20. The quantitative estimate of drug-likeness (QED) is 0.710. The van der Waals surface area contributed by atoms with E-state index in [4.69, 9.17) is 16.4 Å². The third kappa shape index (κ3) is 2.31. The highest BCUT2D eigenvalue weighted by molar-refractivity contribution is 6.32. The van der Waals surface area contributed by atoms with Crippen molar-refractivity contribution in [2.45, 2.75) is 12.8 Å². The first-order valence-corrected chi connectivity index (χ1v) is 5.32. The molecular formula is C10H10ClFN2O2. The van der Waals surface area contributed by atoms with Gasteiger partial charge in [-0.3, -0.25) is 9.63 Å². The van der Waals surface area contributed by atoms with Crippen molar-refractivity contribution in [1.82, 2.24) is 10.0 Å². The molecule has 2 heterocycles. The third-order valence-electron chi connectivity index (χ3n) is 2.27. The van der Waals surface area contributed by atoms with Crippen LogP contribution in [0.1, 0.15) is 23.2 Å². The standard InChI is InChI=1S/C10H10ClFN2O2/c11-9-8(5-7(12)6-13-9)10(15)14-3-1-2-4-16-14/h5-6H,1-4H2. The van der Waals surface area contributed by atoms with Crippen molar-refractivity contribution in [1.29, 1.82) is 0 Å². The second-order valence-electron chi connectivity index (χ2n) is 3.44. The van der Waals surface area contributed by atoms with E-state index < -0.39 is 11.7 Å². The van der Waals surface area contributed by atoms with Gasteiger partial charge in [0.2, 0.25) is 0 Å². The Labute approximate surface area is 96.9 Å². The van der Waals surface area contributed by atoms with Crippen LogP contribution in [-0.4, -0.2) is 29.1 Å². The molecule has 86 valence electrons. The van der Waals surface area contributed by atoms with Gasteiger partial charge in [-0.05, 0) is 18.9 Å². The lowest BCUT2D eigenvalue weighted by Crippen LogP contribution is -2.36. The summed E-state index contributed by atoms with van der Waals surface area (Å²) in [6, 6.07) is 1.07. The SMILES string of the molecule is O=C(c1cc(F)cnc1Cl)N1CCCCO1. The van der Waals surface area contributed by atoms with E-state index in [1.807, 2.05) is 0 Å². The Balaban J connectivity index is 2.22. The fourth-order valence-corrected chi connectivity index (χ4v) is 1.65. The summed E-state index contributed by atoms with van der Waals surface area (Å²) in [5.41, 5.74) is 0.0311. The minimum Gasteiger partial charge on any atom is -0.271 e. The number of carbonyl (C=O) groups is 1. The molecule has 0 aromatic carbocycles. The van der Waals surface area contributed by atoms with Crippen LogP contribution in [0.25, 0.3) is 0 Å². The first-order chi connectivity index (χ1) is 7.68. The lowest BCUT2D eigenvalue weighted by molar-refractivity contribution is -0.144. The lowest BCUT2D eigenvalue weighted by Gasteiger charge is -2.25. The second-order valence-corrected chi connectivity index (χ2v) is 3.80. The highest BCUT2D eigenvalue weighted by Gasteiger charge is 2.22. The molecule has 0 bridgehead atoms. The highest BCUT2D eigenvalue weighted by Crippen LogP contribution is 2.18. The van der Waals surface area contributed by atoms with Gasteiger partial charge < -0.3 is 0 Å². The zero-order valence-electron chi connectivity index (χ0n) is 8.45. The van der Waals surface area contributed by atoms with E-state index in [1.54, 1.807) is 0 Å². The Morgan fingerprint density at radius 3 is 3.06 bits per heavy atom. The molecule has 0 saturated carbocycles. The van der Waals surface area contributed by atoms with E-state index in [2.05, 4.69) is 4.98 Å². The number of hydrogen-bond donors (Lipinski definition) is 0. The van der Waals surface area contributed by atoms with Crippen molar-refractivity contribution in [2.75, 3.05) is 13.2 Å². The van der Waals surface area contributed by atoms with Crippen molar-refractivity contribution in [2.24, 2.45) is 0 Å². The molecule has 2 rings (SSSR count).